The van der Waals surface area contributed by atoms with Gasteiger partial charge in [0, 0.05) is 5.41 Å². The molecule has 0 heterocycles. The smallest absolute Gasteiger partial charge is 0.0218 e. The summed E-state index contributed by atoms with van der Waals surface area (Å²) in [5.74, 6) is 0. The summed E-state index contributed by atoms with van der Waals surface area (Å²) < 4.78 is 0. The standard InChI is InChI=1S/C55H48.C7H8.C4H8/c1-38-18-12-14-28-49(38)51-31-32-52(50-29-15-13-19-39(50)2)53(41(51)4)37-55(5,54-33-30-47(34-40(54)3)43-22-10-7-11-23-43)48-27-17-26-46(36-48)45-25-16-24-44(35-45)42-20-8-6-9-21-42;1-7-5-3-2-4-6-7;1-4(2)3/h6-36H,37H2,1-5H3;2-6H,1H3;1H2,2-3H3. The second-order valence-corrected chi connectivity index (χ2v) is 18.2. The molecular weight excluding hydrogens is 793 g/mol. The average Bonchev–Trinajstić information content (AvgIpc) is 3.33. The molecule has 0 saturated carbocycles. The molecule has 0 nitrogen and oxygen atoms in total. The maximum atomic E-state index is 3.56. The van der Waals surface area contributed by atoms with Gasteiger partial charge in [0.25, 0.3) is 0 Å². The molecule has 0 fully saturated rings. The SMILES string of the molecule is C=C(C)C.Cc1ccccc1.Cc1ccccc1-c1ccc(-c2ccccc2C)c(CC(C)(c2cccc(-c3cccc(-c4ccccc4)c3)c2)c2ccc(-c3ccccc3)cc2C)c1C. The van der Waals surface area contributed by atoms with E-state index in [-0.39, 0.29) is 5.41 Å². The zero-order valence-corrected chi connectivity index (χ0v) is 40.2. The first-order valence-corrected chi connectivity index (χ1v) is 23.2. The molecule has 1 atom stereocenters. The van der Waals surface area contributed by atoms with E-state index in [1.54, 1.807) is 0 Å². The summed E-state index contributed by atoms with van der Waals surface area (Å²) in [6.45, 7) is 21.2. The molecule has 0 aromatic heterocycles. The molecule has 0 spiro atoms. The van der Waals surface area contributed by atoms with Gasteiger partial charge in [-0.2, -0.15) is 0 Å². The molecule has 1 unspecified atom stereocenters. The lowest BCUT2D eigenvalue weighted by atomic mass is 9.68. The highest BCUT2D eigenvalue weighted by Crippen LogP contribution is 2.45. The van der Waals surface area contributed by atoms with Crippen molar-refractivity contribution in [3.8, 4) is 55.6 Å². The Morgan fingerprint density at radius 2 is 0.803 bits per heavy atom. The maximum absolute atomic E-state index is 3.56. The van der Waals surface area contributed by atoms with Crippen LogP contribution >= 0.6 is 0 Å². The Labute approximate surface area is 396 Å². The van der Waals surface area contributed by atoms with Gasteiger partial charge < -0.3 is 0 Å². The molecule has 328 valence electrons. The minimum absolute atomic E-state index is 0.362. The lowest BCUT2D eigenvalue weighted by Crippen LogP contribution is -2.28. The molecule has 0 aliphatic heterocycles. The van der Waals surface area contributed by atoms with Crippen molar-refractivity contribution in [3.05, 3.63) is 275 Å². The summed E-state index contributed by atoms with van der Waals surface area (Å²) in [5.41, 5.74) is 24.0. The lowest BCUT2D eigenvalue weighted by Gasteiger charge is -2.35. The molecule has 9 aromatic carbocycles. The van der Waals surface area contributed by atoms with Gasteiger partial charge in [0.1, 0.15) is 0 Å². The largest absolute Gasteiger partial charge is 0.100 e. The highest BCUT2D eigenvalue weighted by atomic mass is 14.4. The zero-order chi connectivity index (χ0) is 46.6. The van der Waals surface area contributed by atoms with E-state index in [2.05, 4.69) is 248 Å². The molecule has 9 aromatic rings. The van der Waals surface area contributed by atoms with Crippen LogP contribution in [0.2, 0.25) is 0 Å². The number of allylic oxidation sites excluding steroid dienone is 1. The predicted octanol–water partition coefficient (Wildman–Crippen LogP) is 18.4. The van der Waals surface area contributed by atoms with Crippen LogP contribution in [0, 0.1) is 34.6 Å². The van der Waals surface area contributed by atoms with Gasteiger partial charge in [-0.15, -0.1) is 6.58 Å². The molecule has 0 heteroatoms. The summed E-state index contributed by atoms with van der Waals surface area (Å²) in [7, 11) is 0. The van der Waals surface area contributed by atoms with Crippen molar-refractivity contribution in [2.75, 3.05) is 0 Å². The predicted molar refractivity (Wildman–Crippen MR) is 287 cm³/mol. The second-order valence-electron chi connectivity index (χ2n) is 18.2. The Balaban J connectivity index is 0.000000522. The molecule has 0 radical (unpaired) electrons. The molecule has 0 bridgehead atoms. The Bertz CT molecular complexity index is 3020. The third-order valence-electron chi connectivity index (χ3n) is 12.7. The lowest BCUT2D eigenvalue weighted by molar-refractivity contribution is 0.563. The van der Waals surface area contributed by atoms with Crippen LogP contribution in [0.1, 0.15) is 65.3 Å². The van der Waals surface area contributed by atoms with Crippen molar-refractivity contribution in [1.82, 2.24) is 0 Å². The maximum Gasteiger partial charge on any atom is 0.0218 e. The summed E-state index contributed by atoms with van der Waals surface area (Å²) in [6.07, 6.45) is 0.835. The fraction of sp³-hybridized carbons (Fsp3) is 0.152. The summed E-state index contributed by atoms with van der Waals surface area (Å²) >= 11 is 0. The Morgan fingerprint density at radius 3 is 1.32 bits per heavy atom. The van der Waals surface area contributed by atoms with Crippen LogP contribution in [0.3, 0.4) is 0 Å². The number of hydrogen-bond donors (Lipinski definition) is 0. The van der Waals surface area contributed by atoms with E-state index in [9.17, 15) is 0 Å². The number of hydrogen-bond acceptors (Lipinski definition) is 0. The van der Waals surface area contributed by atoms with Crippen LogP contribution in [0.25, 0.3) is 55.6 Å². The van der Waals surface area contributed by atoms with Crippen molar-refractivity contribution >= 4 is 0 Å². The van der Waals surface area contributed by atoms with E-state index in [4.69, 9.17) is 0 Å². The third-order valence-corrected chi connectivity index (χ3v) is 12.7. The highest BCUT2D eigenvalue weighted by Gasteiger charge is 2.33. The summed E-state index contributed by atoms with van der Waals surface area (Å²) in [4.78, 5) is 0. The topological polar surface area (TPSA) is 0 Å². The number of aryl methyl sites for hydroxylation is 4. The molecule has 0 saturated heterocycles. The van der Waals surface area contributed by atoms with Gasteiger partial charge in [-0.25, -0.2) is 0 Å². The fourth-order valence-electron chi connectivity index (χ4n) is 9.16. The second kappa shape index (κ2) is 21.6. The van der Waals surface area contributed by atoms with Gasteiger partial charge in [0.2, 0.25) is 0 Å². The molecule has 0 N–H and O–H groups in total. The van der Waals surface area contributed by atoms with Crippen molar-refractivity contribution in [2.45, 2.75) is 67.2 Å². The first-order chi connectivity index (χ1) is 31.9. The van der Waals surface area contributed by atoms with Crippen LogP contribution in [-0.2, 0) is 11.8 Å². The van der Waals surface area contributed by atoms with Crippen molar-refractivity contribution in [2.24, 2.45) is 0 Å². The molecule has 0 aliphatic rings. The molecule has 0 amide bonds. The van der Waals surface area contributed by atoms with Crippen LogP contribution in [0.5, 0.6) is 0 Å². The molecule has 9 rings (SSSR count). The first kappa shape index (κ1) is 46.7. The normalized spacial score (nSPS) is 11.6. The van der Waals surface area contributed by atoms with E-state index in [1.807, 2.05) is 32.0 Å². The average molecular weight is 857 g/mol. The Hall–Kier alpha value is -7.28. The summed E-state index contributed by atoms with van der Waals surface area (Å²) in [6, 6.07) is 79.4. The molecule has 66 heavy (non-hydrogen) atoms. The Morgan fingerprint density at radius 1 is 0.379 bits per heavy atom. The van der Waals surface area contributed by atoms with E-state index in [1.165, 1.54) is 106 Å². The number of rotatable bonds is 9. The van der Waals surface area contributed by atoms with E-state index in [0.717, 1.165) is 6.42 Å². The van der Waals surface area contributed by atoms with Gasteiger partial charge in [0.15, 0.2) is 0 Å². The summed E-state index contributed by atoms with van der Waals surface area (Å²) in [5, 5.41) is 0. The third kappa shape index (κ3) is 11.1. The quantitative estimate of drug-likeness (QED) is 0.127. The van der Waals surface area contributed by atoms with E-state index >= 15 is 0 Å². The molecule has 0 aliphatic carbocycles. The van der Waals surface area contributed by atoms with Crippen LogP contribution in [0.15, 0.2) is 231 Å². The van der Waals surface area contributed by atoms with Crippen LogP contribution in [0.4, 0.5) is 0 Å². The van der Waals surface area contributed by atoms with E-state index in [0.29, 0.717) is 0 Å². The van der Waals surface area contributed by atoms with Crippen molar-refractivity contribution in [3.63, 3.8) is 0 Å². The zero-order valence-electron chi connectivity index (χ0n) is 40.2. The van der Waals surface area contributed by atoms with Gasteiger partial charge >= 0.3 is 0 Å². The molecular formula is C66H64. The van der Waals surface area contributed by atoms with Gasteiger partial charge in [0.05, 0.1) is 0 Å². The van der Waals surface area contributed by atoms with E-state index < -0.39 is 0 Å². The highest BCUT2D eigenvalue weighted by molar-refractivity contribution is 5.81. The van der Waals surface area contributed by atoms with Crippen LogP contribution < -0.4 is 0 Å². The van der Waals surface area contributed by atoms with Crippen LogP contribution in [-0.4, -0.2) is 0 Å². The minimum Gasteiger partial charge on any atom is -0.100 e. The van der Waals surface area contributed by atoms with Gasteiger partial charge in [-0.1, -0.05) is 230 Å². The Kier molecular flexibility index (Phi) is 15.3. The monoisotopic (exact) mass is 857 g/mol. The first-order valence-electron chi connectivity index (χ1n) is 23.2. The number of benzene rings is 9. The fourth-order valence-corrected chi connectivity index (χ4v) is 9.16. The van der Waals surface area contributed by atoms with Crippen molar-refractivity contribution < 1.29 is 0 Å². The minimum atomic E-state index is -0.362. The van der Waals surface area contributed by atoms with Gasteiger partial charge in [-0.3, -0.25) is 0 Å². The van der Waals surface area contributed by atoms with Gasteiger partial charge in [-0.05, 0) is 156 Å². The van der Waals surface area contributed by atoms with Crippen molar-refractivity contribution in [1.29, 1.82) is 0 Å².